The summed E-state index contributed by atoms with van der Waals surface area (Å²) in [6, 6.07) is 9.35. The van der Waals surface area contributed by atoms with Crippen molar-refractivity contribution in [3.05, 3.63) is 90.3 Å². The van der Waals surface area contributed by atoms with Gasteiger partial charge in [0.25, 0.3) is 0 Å². The maximum absolute atomic E-state index is 13.8. The predicted molar refractivity (Wildman–Crippen MR) is 170 cm³/mol. The Hall–Kier alpha value is -5.96. The van der Waals surface area contributed by atoms with Gasteiger partial charge in [-0.3, -0.25) is 19.2 Å². The Bertz CT molecular complexity index is 1900. The second-order valence-corrected chi connectivity index (χ2v) is 11.1. The number of carboxylic acids is 2. The number of fused-ring (bicyclic) bond motifs is 2. The van der Waals surface area contributed by atoms with Gasteiger partial charge in [0.1, 0.15) is 18.1 Å². The zero-order valence-electron chi connectivity index (χ0n) is 25.0. The molecule has 244 valence electrons. The number of nitrogens with two attached hydrogens (primary N) is 1. The lowest BCUT2D eigenvalue weighted by molar-refractivity contribution is -0.142. The lowest BCUT2D eigenvalue weighted by Crippen LogP contribution is -2.58. The molecule has 4 unspecified atom stereocenters. The van der Waals surface area contributed by atoms with Crippen molar-refractivity contribution in [2.75, 3.05) is 0 Å². The van der Waals surface area contributed by atoms with E-state index in [1.807, 2.05) is 48.5 Å². The Labute approximate surface area is 267 Å². The molecule has 0 saturated heterocycles. The maximum Gasteiger partial charge on any atom is 0.326 e. The molecule has 0 radical (unpaired) electrons. The van der Waals surface area contributed by atoms with Crippen LogP contribution in [0.25, 0.3) is 21.8 Å². The van der Waals surface area contributed by atoms with Crippen LogP contribution in [0.15, 0.2) is 73.4 Å². The van der Waals surface area contributed by atoms with E-state index in [1.54, 1.807) is 12.4 Å². The fraction of sp³-hybridized carbons (Fsp3) is 0.250. The van der Waals surface area contributed by atoms with Gasteiger partial charge in [-0.2, -0.15) is 0 Å². The summed E-state index contributed by atoms with van der Waals surface area (Å²) in [5.41, 5.74) is 9.22. The van der Waals surface area contributed by atoms with Crippen LogP contribution in [0.3, 0.4) is 0 Å². The SMILES string of the molecule is NC(CC(=O)O)C(=O)NC(Cc1c[nH]c2ccccc12)C(=O)NC(Cc1cnc[nH]1)C(=O)NC(Cc1c[nH]c2ccccc12)C(=O)O. The van der Waals surface area contributed by atoms with Crippen LogP contribution in [0.2, 0.25) is 0 Å². The van der Waals surface area contributed by atoms with Crippen molar-refractivity contribution in [2.24, 2.45) is 5.73 Å². The number of benzene rings is 2. The normalized spacial score (nSPS) is 13.8. The molecule has 3 heterocycles. The Morgan fingerprint density at radius 1 is 0.702 bits per heavy atom. The van der Waals surface area contributed by atoms with Crippen molar-refractivity contribution in [1.82, 2.24) is 35.9 Å². The van der Waals surface area contributed by atoms with Crippen LogP contribution in [0.1, 0.15) is 23.2 Å². The molecule has 5 aromatic rings. The minimum atomic E-state index is -1.43. The molecule has 15 nitrogen and oxygen atoms in total. The molecule has 47 heavy (non-hydrogen) atoms. The molecule has 3 amide bonds. The predicted octanol–water partition coefficient (Wildman–Crippen LogP) is 0.741. The van der Waals surface area contributed by atoms with Crippen molar-refractivity contribution in [1.29, 1.82) is 0 Å². The highest BCUT2D eigenvalue weighted by atomic mass is 16.4. The molecule has 10 N–H and O–H groups in total. The highest BCUT2D eigenvalue weighted by Gasteiger charge is 2.32. The molecule has 0 aliphatic heterocycles. The second-order valence-electron chi connectivity index (χ2n) is 11.1. The number of H-pyrrole nitrogens is 3. The van der Waals surface area contributed by atoms with Crippen LogP contribution in [-0.4, -0.2) is 84.0 Å². The molecule has 5 rings (SSSR count). The molecule has 0 fully saturated rings. The molecular weight excluding hydrogens is 608 g/mol. The van der Waals surface area contributed by atoms with Gasteiger partial charge in [0, 0.05) is 65.4 Å². The highest BCUT2D eigenvalue weighted by Crippen LogP contribution is 2.21. The summed E-state index contributed by atoms with van der Waals surface area (Å²) >= 11 is 0. The standard InChI is InChI=1S/C32H34N8O7/c33-22(12-28(41)42)29(43)38-25(9-17-13-35-23-7-3-1-5-20(17)23)30(44)39-26(11-19-15-34-16-37-19)31(45)40-27(32(46)47)10-18-14-36-24-8-4-2-6-21(18)24/h1-8,13-16,22,25-27,35-36H,9-12,33H2,(H,34,37)(H,38,43)(H,39,44)(H,40,45)(H,41,42)(H,46,47). The highest BCUT2D eigenvalue weighted by molar-refractivity contribution is 5.96. The van der Waals surface area contributed by atoms with E-state index in [9.17, 15) is 29.1 Å². The monoisotopic (exact) mass is 642 g/mol. The first-order valence-corrected chi connectivity index (χ1v) is 14.8. The second kappa shape index (κ2) is 14.4. The number of carboxylic acid groups (broad SMARTS) is 2. The van der Waals surface area contributed by atoms with Crippen molar-refractivity contribution in [3.63, 3.8) is 0 Å². The van der Waals surface area contributed by atoms with Gasteiger partial charge >= 0.3 is 11.9 Å². The average molecular weight is 643 g/mol. The molecule has 4 atom stereocenters. The van der Waals surface area contributed by atoms with E-state index in [-0.39, 0.29) is 19.3 Å². The van der Waals surface area contributed by atoms with Crippen molar-refractivity contribution in [2.45, 2.75) is 49.9 Å². The topological polar surface area (TPSA) is 248 Å². The zero-order chi connectivity index (χ0) is 33.5. The molecule has 0 bridgehead atoms. The largest absolute Gasteiger partial charge is 0.481 e. The fourth-order valence-corrected chi connectivity index (χ4v) is 5.38. The lowest BCUT2D eigenvalue weighted by atomic mass is 10.0. The zero-order valence-corrected chi connectivity index (χ0v) is 25.0. The molecule has 0 spiro atoms. The van der Waals surface area contributed by atoms with Crippen LogP contribution in [0.4, 0.5) is 0 Å². The number of amides is 3. The van der Waals surface area contributed by atoms with Crippen LogP contribution in [-0.2, 0) is 43.2 Å². The molecular formula is C32H34N8O7. The third kappa shape index (κ3) is 8.01. The first-order valence-electron chi connectivity index (χ1n) is 14.8. The Morgan fingerprint density at radius 3 is 1.74 bits per heavy atom. The van der Waals surface area contributed by atoms with Gasteiger partial charge in [-0.1, -0.05) is 36.4 Å². The number of aromatic amines is 3. The quantitative estimate of drug-likeness (QED) is 0.0780. The van der Waals surface area contributed by atoms with E-state index in [0.717, 1.165) is 21.8 Å². The van der Waals surface area contributed by atoms with Gasteiger partial charge in [0.05, 0.1) is 18.8 Å². The van der Waals surface area contributed by atoms with E-state index in [4.69, 9.17) is 10.8 Å². The molecule has 15 heteroatoms. The summed E-state index contributed by atoms with van der Waals surface area (Å²) in [6.45, 7) is 0. The van der Waals surface area contributed by atoms with Crippen molar-refractivity contribution < 1.29 is 34.2 Å². The Balaban J connectivity index is 1.38. The maximum atomic E-state index is 13.8. The van der Waals surface area contributed by atoms with Crippen LogP contribution in [0.5, 0.6) is 0 Å². The van der Waals surface area contributed by atoms with Gasteiger partial charge < -0.3 is 46.8 Å². The lowest BCUT2D eigenvalue weighted by Gasteiger charge is -2.25. The number of carbonyl (C=O) groups excluding carboxylic acids is 3. The Morgan fingerprint density at radius 2 is 1.21 bits per heavy atom. The number of aliphatic carboxylic acids is 2. The summed E-state index contributed by atoms with van der Waals surface area (Å²) in [6.07, 6.45) is 5.42. The summed E-state index contributed by atoms with van der Waals surface area (Å²) in [4.78, 5) is 76.9. The summed E-state index contributed by atoms with van der Waals surface area (Å²) < 4.78 is 0. The Kier molecular flexibility index (Phi) is 9.96. The van der Waals surface area contributed by atoms with Gasteiger partial charge in [0.2, 0.25) is 17.7 Å². The van der Waals surface area contributed by atoms with Gasteiger partial charge in [-0.05, 0) is 23.3 Å². The molecule has 2 aromatic carbocycles. The summed E-state index contributed by atoms with van der Waals surface area (Å²) in [5.74, 6) is -4.98. The number of nitrogens with one attached hydrogen (secondary N) is 6. The number of para-hydroxylation sites is 2. The minimum absolute atomic E-state index is 0.0297. The molecule has 0 aliphatic rings. The van der Waals surface area contributed by atoms with Gasteiger partial charge in [-0.15, -0.1) is 0 Å². The first kappa shape index (κ1) is 32.4. The van der Waals surface area contributed by atoms with Crippen molar-refractivity contribution >= 4 is 51.5 Å². The minimum Gasteiger partial charge on any atom is -0.481 e. The number of hydrogen-bond donors (Lipinski definition) is 9. The van der Waals surface area contributed by atoms with Crippen LogP contribution >= 0.6 is 0 Å². The van der Waals surface area contributed by atoms with E-state index in [1.165, 1.54) is 12.5 Å². The van der Waals surface area contributed by atoms with Crippen molar-refractivity contribution in [3.8, 4) is 0 Å². The number of carbonyl (C=O) groups is 5. The van der Waals surface area contributed by atoms with E-state index in [0.29, 0.717) is 16.8 Å². The van der Waals surface area contributed by atoms with E-state index in [2.05, 4.69) is 35.9 Å². The number of hydrogen-bond acceptors (Lipinski definition) is 7. The number of nitrogens with zero attached hydrogens (tertiary/aromatic N) is 1. The van der Waals surface area contributed by atoms with Crippen LogP contribution < -0.4 is 21.7 Å². The van der Waals surface area contributed by atoms with E-state index >= 15 is 0 Å². The third-order valence-corrected chi connectivity index (χ3v) is 7.79. The fourth-order valence-electron chi connectivity index (χ4n) is 5.38. The number of imidazole rings is 1. The van der Waals surface area contributed by atoms with Gasteiger partial charge in [-0.25, -0.2) is 9.78 Å². The first-order chi connectivity index (χ1) is 22.6. The molecule has 0 saturated carbocycles. The molecule has 3 aromatic heterocycles. The molecule has 0 aliphatic carbocycles. The van der Waals surface area contributed by atoms with Crippen LogP contribution in [0, 0.1) is 0 Å². The summed E-state index contributed by atoms with van der Waals surface area (Å²) in [7, 11) is 0. The smallest absolute Gasteiger partial charge is 0.326 e. The number of rotatable bonds is 15. The third-order valence-electron chi connectivity index (χ3n) is 7.79. The summed E-state index contributed by atoms with van der Waals surface area (Å²) in [5, 5.41) is 28.5. The number of aromatic nitrogens is 4. The average Bonchev–Trinajstić information content (AvgIpc) is 3.80. The van der Waals surface area contributed by atoms with Gasteiger partial charge in [0.15, 0.2) is 0 Å². The van der Waals surface area contributed by atoms with E-state index < -0.39 is 60.2 Å².